The molecule has 1 heterocycles. The highest BCUT2D eigenvalue weighted by Crippen LogP contribution is 2.19. The molecule has 1 fully saturated rings. The van der Waals surface area contributed by atoms with E-state index < -0.39 is 0 Å². The van der Waals surface area contributed by atoms with Gasteiger partial charge in [0.25, 0.3) is 5.91 Å². The highest BCUT2D eigenvalue weighted by atomic mass is 16.1. The summed E-state index contributed by atoms with van der Waals surface area (Å²) in [5.41, 5.74) is 2.59. The average Bonchev–Trinajstić information content (AvgIpc) is 3.23. The van der Waals surface area contributed by atoms with Crippen LogP contribution in [0.5, 0.6) is 0 Å². The number of rotatable bonds is 4. The summed E-state index contributed by atoms with van der Waals surface area (Å²) in [6.07, 6.45) is 5.23. The van der Waals surface area contributed by atoms with E-state index in [0.29, 0.717) is 17.6 Å². The lowest BCUT2D eigenvalue weighted by Gasteiger charge is -2.06. The van der Waals surface area contributed by atoms with Crippen LogP contribution in [0.2, 0.25) is 0 Å². The minimum atomic E-state index is -0.102. The zero-order chi connectivity index (χ0) is 13.9. The molecule has 1 aliphatic rings. The molecular weight excluding hydrogens is 252 g/mol. The van der Waals surface area contributed by atoms with E-state index in [1.54, 1.807) is 12.4 Å². The Bertz CT molecular complexity index is 620. The molecule has 102 valence electrons. The first-order chi connectivity index (χ1) is 9.70. The summed E-state index contributed by atoms with van der Waals surface area (Å²) >= 11 is 0. The summed E-state index contributed by atoms with van der Waals surface area (Å²) in [6, 6.07) is 8.29. The van der Waals surface area contributed by atoms with Crippen LogP contribution in [0.15, 0.2) is 36.7 Å². The van der Waals surface area contributed by atoms with Crippen molar-refractivity contribution in [3.63, 3.8) is 0 Å². The van der Waals surface area contributed by atoms with Crippen molar-refractivity contribution in [2.75, 3.05) is 5.32 Å². The summed E-state index contributed by atoms with van der Waals surface area (Å²) in [7, 11) is 0. The van der Waals surface area contributed by atoms with Gasteiger partial charge in [0.05, 0.1) is 5.56 Å². The van der Waals surface area contributed by atoms with Crippen molar-refractivity contribution in [3.05, 3.63) is 47.8 Å². The molecule has 0 aliphatic heterocycles. The smallest absolute Gasteiger partial charge is 0.254 e. The molecule has 1 aromatic heterocycles. The lowest BCUT2D eigenvalue weighted by molar-refractivity contribution is 0.0950. The molecule has 0 saturated heterocycles. The van der Waals surface area contributed by atoms with Crippen LogP contribution in [-0.4, -0.2) is 21.9 Å². The molecule has 1 saturated carbocycles. The molecule has 1 aromatic carbocycles. The summed E-state index contributed by atoms with van der Waals surface area (Å²) in [4.78, 5) is 20.1. The van der Waals surface area contributed by atoms with Crippen LogP contribution in [-0.2, 0) is 0 Å². The van der Waals surface area contributed by atoms with Crippen molar-refractivity contribution in [2.45, 2.75) is 25.8 Å². The highest BCUT2D eigenvalue weighted by Gasteiger charge is 2.23. The fraction of sp³-hybridized carbons (Fsp3) is 0.267. The Hall–Kier alpha value is -2.43. The number of aromatic nitrogens is 2. The van der Waals surface area contributed by atoms with Gasteiger partial charge in [0, 0.05) is 24.1 Å². The van der Waals surface area contributed by atoms with Gasteiger partial charge in [0.15, 0.2) is 0 Å². The Balaban J connectivity index is 1.67. The zero-order valence-corrected chi connectivity index (χ0v) is 11.3. The van der Waals surface area contributed by atoms with Gasteiger partial charge in [0.2, 0.25) is 5.95 Å². The average molecular weight is 268 g/mol. The Morgan fingerprint density at radius 3 is 2.65 bits per heavy atom. The SMILES string of the molecule is Cc1cccc(Nc2ncc(C(=O)NC3CC3)cn2)c1. The molecule has 3 rings (SSSR count). The third-order valence-corrected chi connectivity index (χ3v) is 3.10. The first kappa shape index (κ1) is 12.6. The molecule has 2 aromatic rings. The second-order valence-electron chi connectivity index (χ2n) is 5.04. The van der Waals surface area contributed by atoms with Crippen LogP contribution < -0.4 is 10.6 Å². The van der Waals surface area contributed by atoms with Crippen LogP contribution in [0.3, 0.4) is 0 Å². The third kappa shape index (κ3) is 3.12. The van der Waals surface area contributed by atoms with Crippen molar-refractivity contribution >= 4 is 17.5 Å². The molecule has 5 nitrogen and oxygen atoms in total. The quantitative estimate of drug-likeness (QED) is 0.893. The molecule has 0 spiro atoms. The number of amides is 1. The van der Waals surface area contributed by atoms with Crippen LogP contribution >= 0.6 is 0 Å². The van der Waals surface area contributed by atoms with Crippen LogP contribution in [0.25, 0.3) is 0 Å². The van der Waals surface area contributed by atoms with E-state index >= 15 is 0 Å². The third-order valence-electron chi connectivity index (χ3n) is 3.10. The molecule has 0 atom stereocenters. The lowest BCUT2D eigenvalue weighted by Crippen LogP contribution is -2.25. The van der Waals surface area contributed by atoms with Gasteiger partial charge < -0.3 is 10.6 Å². The Kier molecular flexibility index (Phi) is 3.33. The minimum absolute atomic E-state index is 0.102. The van der Waals surface area contributed by atoms with Gasteiger partial charge in [-0.1, -0.05) is 12.1 Å². The lowest BCUT2D eigenvalue weighted by atomic mass is 10.2. The van der Waals surface area contributed by atoms with E-state index in [-0.39, 0.29) is 5.91 Å². The molecule has 0 bridgehead atoms. The highest BCUT2D eigenvalue weighted by molar-refractivity contribution is 5.94. The van der Waals surface area contributed by atoms with Gasteiger partial charge >= 0.3 is 0 Å². The van der Waals surface area contributed by atoms with E-state index in [1.807, 2.05) is 31.2 Å². The van der Waals surface area contributed by atoms with Crippen molar-refractivity contribution in [3.8, 4) is 0 Å². The van der Waals surface area contributed by atoms with E-state index in [1.165, 1.54) is 0 Å². The largest absolute Gasteiger partial charge is 0.349 e. The van der Waals surface area contributed by atoms with Gasteiger partial charge in [0.1, 0.15) is 0 Å². The van der Waals surface area contributed by atoms with Crippen LogP contribution in [0, 0.1) is 6.92 Å². The molecule has 20 heavy (non-hydrogen) atoms. The predicted molar refractivity (Wildman–Crippen MR) is 77.0 cm³/mol. The van der Waals surface area contributed by atoms with Crippen molar-refractivity contribution in [2.24, 2.45) is 0 Å². The molecule has 0 radical (unpaired) electrons. The number of hydrogen-bond donors (Lipinski definition) is 2. The maximum absolute atomic E-state index is 11.8. The zero-order valence-electron chi connectivity index (χ0n) is 11.3. The Labute approximate surface area is 117 Å². The normalized spacial score (nSPS) is 13.8. The molecule has 0 unspecified atom stereocenters. The fourth-order valence-electron chi connectivity index (χ4n) is 1.86. The standard InChI is InChI=1S/C15H16N4O/c1-10-3-2-4-13(7-10)19-15-16-8-11(9-17-15)14(20)18-12-5-6-12/h2-4,7-9,12H,5-6H2,1H3,(H,18,20)(H,16,17,19). The molecule has 1 amide bonds. The Morgan fingerprint density at radius 1 is 1.25 bits per heavy atom. The molecule has 5 heteroatoms. The molecule has 2 N–H and O–H groups in total. The van der Waals surface area contributed by atoms with Crippen molar-refractivity contribution < 1.29 is 4.79 Å². The summed E-state index contributed by atoms with van der Waals surface area (Å²) in [5.74, 6) is 0.383. The van der Waals surface area contributed by atoms with Gasteiger partial charge in [-0.25, -0.2) is 9.97 Å². The maximum atomic E-state index is 11.8. The second kappa shape index (κ2) is 5.28. The van der Waals surface area contributed by atoms with Gasteiger partial charge in [-0.2, -0.15) is 0 Å². The monoisotopic (exact) mass is 268 g/mol. The summed E-state index contributed by atoms with van der Waals surface area (Å²) < 4.78 is 0. The van der Waals surface area contributed by atoms with Crippen LogP contribution in [0.4, 0.5) is 11.6 Å². The van der Waals surface area contributed by atoms with E-state index in [2.05, 4.69) is 20.6 Å². The number of carbonyl (C=O) groups is 1. The predicted octanol–water partition coefficient (Wildman–Crippen LogP) is 2.42. The first-order valence-corrected chi connectivity index (χ1v) is 6.67. The second-order valence-corrected chi connectivity index (χ2v) is 5.04. The van der Waals surface area contributed by atoms with Gasteiger partial charge in [-0.05, 0) is 37.5 Å². The van der Waals surface area contributed by atoms with E-state index in [4.69, 9.17) is 0 Å². The topological polar surface area (TPSA) is 66.9 Å². The molecule has 1 aliphatic carbocycles. The molecular formula is C15H16N4O. The van der Waals surface area contributed by atoms with Crippen molar-refractivity contribution in [1.82, 2.24) is 15.3 Å². The number of anilines is 2. The summed E-state index contributed by atoms with van der Waals surface area (Å²) in [5, 5.41) is 6.02. The number of nitrogens with one attached hydrogen (secondary N) is 2. The minimum Gasteiger partial charge on any atom is -0.349 e. The fourth-order valence-corrected chi connectivity index (χ4v) is 1.86. The van der Waals surface area contributed by atoms with E-state index in [9.17, 15) is 4.79 Å². The number of aryl methyl sites for hydroxylation is 1. The number of carbonyl (C=O) groups excluding carboxylic acids is 1. The summed E-state index contributed by atoms with van der Waals surface area (Å²) in [6.45, 7) is 2.03. The number of hydrogen-bond acceptors (Lipinski definition) is 4. The number of nitrogens with zero attached hydrogens (tertiary/aromatic N) is 2. The Morgan fingerprint density at radius 2 is 2.00 bits per heavy atom. The van der Waals surface area contributed by atoms with Crippen LogP contribution in [0.1, 0.15) is 28.8 Å². The van der Waals surface area contributed by atoms with Gasteiger partial charge in [-0.15, -0.1) is 0 Å². The maximum Gasteiger partial charge on any atom is 0.254 e. The number of benzene rings is 1. The van der Waals surface area contributed by atoms with E-state index in [0.717, 1.165) is 24.1 Å². The first-order valence-electron chi connectivity index (χ1n) is 6.67. The van der Waals surface area contributed by atoms with Gasteiger partial charge in [-0.3, -0.25) is 4.79 Å². The van der Waals surface area contributed by atoms with Crippen molar-refractivity contribution in [1.29, 1.82) is 0 Å².